The first-order chi connectivity index (χ1) is 12.3. The van der Waals surface area contributed by atoms with E-state index in [-0.39, 0.29) is 25.0 Å². The fraction of sp³-hybridized carbons (Fsp3) is 0.833. The molecule has 0 rings (SSSR count). The van der Waals surface area contributed by atoms with Crippen molar-refractivity contribution in [3.8, 4) is 0 Å². The molecule has 0 aliphatic rings. The first kappa shape index (κ1) is 38.5. The van der Waals surface area contributed by atoms with Gasteiger partial charge in [-0.3, -0.25) is 0 Å². The van der Waals surface area contributed by atoms with Crippen LogP contribution >= 0.6 is 47.0 Å². The molecule has 0 fully saturated rings. The number of thioether (sulfide) groups is 4. The van der Waals surface area contributed by atoms with Crippen molar-refractivity contribution in [2.24, 2.45) is 0 Å². The van der Waals surface area contributed by atoms with E-state index in [1.165, 1.54) is 42.8 Å². The van der Waals surface area contributed by atoms with Gasteiger partial charge in [0.2, 0.25) is 0 Å². The third-order valence-electron chi connectivity index (χ3n) is 2.97. The average molecular weight is 453 g/mol. The van der Waals surface area contributed by atoms with Crippen LogP contribution in [0, 0.1) is 6.92 Å². The Morgan fingerprint density at radius 2 is 1.37 bits per heavy atom. The summed E-state index contributed by atoms with van der Waals surface area (Å²) in [6, 6.07) is 0. The Hall–Kier alpha value is 0.847. The number of hydrogen-bond donors (Lipinski definition) is 1. The zero-order valence-corrected chi connectivity index (χ0v) is 21.6. The van der Waals surface area contributed by atoms with Crippen LogP contribution in [0.1, 0.15) is 59.3 Å². The predicted molar refractivity (Wildman–Crippen MR) is 123 cm³/mol. The smallest absolute Gasteiger partial charge is 0.480 e. The van der Waals surface area contributed by atoms with Crippen molar-refractivity contribution in [2.75, 3.05) is 25.0 Å². The molecule has 0 bridgehead atoms. The normalized spacial score (nSPS) is 9.22. The molecule has 0 aliphatic carbocycles. The Labute approximate surface area is 196 Å². The van der Waals surface area contributed by atoms with Crippen LogP contribution in [0.4, 0.5) is 0 Å². The molecule has 27 heavy (non-hydrogen) atoms. The molecule has 0 radical (unpaired) electrons. The molecule has 0 amide bonds. The van der Waals surface area contributed by atoms with Crippen LogP contribution in [0.2, 0.25) is 0 Å². The van der Waals surface area contributed by atoms with Gasteiger partial charge in [-0.1, -0.05) is 40.0 Å². The number of carbonyl (C=O) groups is 1. The fourth-order valence-electron chi connectivity index (χ4n) is 1.47. The van der Waals surface area contributed by atoms with Gasteiger partial charge in [0.15, 0.2) is 4.08 Å². The molecule has 1 N–H and O–H groups in total. The number of carboxylic acids is 1. The van der Waals surface area contributed by atoms with Gasteiger partial charge in [-0.15, -0.1) is 23.5 Å². The van der Waals surface area contributed by atoms with E-state index in [9.17, 15) is 4.79 Å². The van der Waals surface area contributed by atoms with Crippen molar-refractivity contribution in [2.45, 2.75) is 68.0 Å². The van der Waals surface area contributed by atoms with Gasteiger partial charge in [0, 0.05) is 4.58 Å². The van der Waals surface area contributed by atoms with Crippen LogP contribution in [-0.2, 0) is 14.4 Å². The second-order valence-electron chi connectivity index (χ2n) is 4.84. The van der Waals surface area contributed by atoms with Crippen molar-refractivity contribution in [3.63, 3.8) is 0 Å². The molecule has 0 atom stereocenters. The van der Waals surface area contributed by atoms with Crippen LogP contribution in [-0.4, -0.2) is 50.9 Å². The Morgan fingerprint density at radius 3 is 1.44 bits per heavy atom. The van der Waals surface area contributed by atoms with E-state index in [1.54, 1.807) is 0 Å². The summed E-state index contributed by atoms with van der Waals surface area (Å²) in [6.45, 7) is 9.96. The van der Waals surface area contributed by atoms with Gasteiger partial charge in [0.1, 0.15) is 0 Å². The van der Waals surface area contributed by atoms with Crippen molar-refractivity contribution < 1.29 is 38.4 Å². The van der Waals surface area contributed by atoms with Gasteiger partial charge in [0.05, 0.1) is 0 Å². The summed E-state index contributed by atoms with van der Waals surface area (Å²) in [4.78, 5) is 27.1. The maximum Gasteiger partial charge on any atom is 1.00 e. The van der Waals surface area contributed by atoms with Crippen LogP contribution in [0.5, 0.6) is 0 Å². The topological polar surface area (TPSA) is 71.4 Å². The zero-order chi connectivity index (χ0) is 21.4. The summed E-state index contributed by atoms with van der Waals surface area (Å²) in [6.07, 6.45) is 14.9. The van der Waals surface area contributed by atoms with E-state index in [0.717, 1.165) is 23.8 Å². The van der Waals surface area contributed by atoms with Gasteiger partial charge in [-0.05, 0) is 37.9 Å². The van der Waals surface area contributed by atoms with Crippen LogP contribution in [0.3, 0.4) is 0 Å². The molecule has 0 saturated carbocycles. The van der Waals surface area contributed by atoms with Crippen LogP contribution < -0.4 is 18.9 Å². The molecule has 0 aromatic carbocycles. The van der Waals surface area contributed by atoms with Gasteiger partial charge >= 0.3 is 31.0 Å². The Bertz CT molecular complexity index is 318. The minimum atomic E-state index is -0.709. The van der Waals surface area contributed by atoms with Crippen molar-refractivity contribution >= 4 is 59.2 Å². The first-order valence-corrected chi connectivity index (χ1v) is 13.5. The Balaban J connectivity index is -0.0000000885. The number of carboxylic acid groups (broad SMARTS) is 1. The molecule has 4 nitrogen and oxygen atoms in total. The quantitative estimate of drug-likeness (QED) is 0.308. The maximum absolute atomic E-state index is 10.8. The molecule has 158 valence electrons. The largest absolute Gasteiger partial charge is 1.00 e. The Kier molecular flexibility index (Phi) is 44.9. The minimum Gasteiger partial charge on any atom is -0.480 e. The summed E-state index contributed by atoms with van der Waals surface area (Å²) in [5, 5.41) is 8.91. The van der Waals surface area contributed by atoms with E-state index < -0.39 is 10.0 Å². The Morgan fingerprint density at radius 1 is 1.00 bits per heavy atom. The predicted octanol–water partition coefficient (Wildman–Crippen LogP) is 3.17. The molecule has 0 unspecified atom stereocenters. The monoisotopic (exact) mass is 452 g/mol. The zero-order valence-electron chi connectivity index (χ0n) is 18.3. The van der Waals surface area contributed by atoms with Crippen molar-refractivity contribution in [1.29, 1.82) is 0 Å². The molecule has 9 heteroatoms. The molecule has 0 heterocycles. The third kappa shape index (κ3) is 26.8. The first-order valence-electron chi connectivity index (χ1n) is 8.48. The van der Waals surface area contributed by atoms with Crippen LogP contribution in [0.25, 0.3) is 0 Å². The summed E-state index contributed by atoms with van der Waals surface area (Å²) in [7, 11) is 0. The standard InChI is InChI=1S/C7H14O2S2.C6H14S2.C4H9.CO2.Li/c1-4-5-7(10-2,11-3)6(8)9;1-4-5-6(7-2)8-3;1-3-4-2;2-1-3;/h4-5H2,1-3H3,(H,8,9);6H,4-5H2,1-3H3;1,3-4H2,2H3;;/q;;-1;;+1. The SMILES string of the molecule is CCCC(SC)(SC)C(=O)O.CCCC(SC)SC.O=C=O.[CH2-]CCC.[Li+]. The maximum atomic E-state index is 10.8. The number of rotatable bonds is 10. The van der Waals surface area contributed by atoms with Gasteiger partial charge < -0.3 is 12.0 Å². The number of carbonyl (C=O) groups excluding carboxylic acids is 2. The second-order valence-corrected chi connectivity index (χ2v) is 9.69. The van der Waals surface area contributed by atoms with E-state index in [4.69, 9.17) is 14.7 Å². The van der Waals surface area contributed by atoms with E-state index in [2.05, 4.69) is 33.3 Å². The summed E-state index contributed by atoms with van der Waals surface area (Å²) in [5.74, 6) is -0.709. The minimum absolute atomic E-state index is 0. The van der Waals surface area contributed by atoms with Gasteiger partial charge in [-0.25, -0.2) is 4.79 Å². The van der Waals surface area contributed by atoms with Gasteiger partial charge in [-0.2, -0.15) is 39.5 Å². The fourth-order valence-corrected chi connectivity index (χ4v) is 5.01. The molecule has 0 spiro atoms. The van der Waals surface area contributed by atoms with Crippen molar-refractivity contribution in [1.82, 2.24) is 0 Å². The molecule has 0 aromatic rings. The molecule has 0 saturated heterocycles. The van der Waals surface area contributed by atoms with E-state index >= 15 is 0 Å². The molecule has 0 aromatic heterocycles. The summed E-state index contributed by atoms with van der Waals surface area (Å²) >= 11 is 6.74. The summed E-state index contributed by atoms with van der Waals surface area (Å²) < 4.78 is 0.217. The summed E-state index contributed by atoms with van der Waals surface area (Å²) in [5.41, 5.74) is 0. The molecular formula is C18H37LiO4S4. The van der Waals surface area contributed by atoms with E-state index in [0.29, 0.717) is 0 Å². The number of aliphatic carboxylic acids is 1. The van der Waals surface area contributed by atoms with Crippen LogP contribution in [0.15, 0.2) is 0 Å². The average Bonchev–Trinajstić information content (AvgIpc) is 2.65. The third-order valence-corrected chi connectivity index (χ3v) is 8.72. The number of unbranched alkanes of at least 4 members (excludes halogenated alkanes) is 1. The second kappa shape index (κ2) is 31.5. The molecule has 0 aliphatic heterocycles. The van der Waals surface area contributed by atoms with Crippen molar-refractivity contribution in [3.05, 3.63) is 6.92 Å². The van der Waals surface area contributed by atoms with Gasteiger partial charge in [0.25, 0.3) is 0 Å². The van der Waals surface area contributed by atoms with E-state index in [1.807, 2.05) is 43.0 Å². The number of hydrogen-bond acceptors (Lipinski definition) is 7. The molecular weight excluding hydrogens is 415 g/mol.